The topological polar surface area (TPSA) is 131 Å². The van der Waals surface area contributed by atoms with Crippen LogP contribution in [0.3, 0.4) is 0 Å². The predicted molar refractivity (Wildman–Crippen MR) is 90.8 cm³/mol. The highest BCUT2D eigenvalue weighted by Crippen LogP contribution is 2.42. The third-order valence-electron chi connectivity index (χ3n) is 4.04. The lowest BCUT2D eigenvalue weighted by Gasteiger charge is -2.35. The van der Waals surface area contributed by atoms with Crippen molar-refractivity contribution in [3.8, 4) is 0 Å². The number of allylic oxidation sites excluding steroid dienone is 1. The first-order valence-electron chi connectivity index (χ1n) is 7.97. The quantitative estimate of drug-likeness (QED) is 0.369. The van der Waals surface area contributed by atoms with Crippen molar-refractivity contribution in [1.29, 1.82) is 0 Å². The van der Waals surface area contributed by atoms with E-state index in [-0.39, 0.29) is 30.1 Å². The Bertz CT molecular complexity index is 812. The number of hydrogen-bond donors (Lipinski definition) is 1. The minimum Gasteiger partial charge on any atom is -0.509 e. The van der Waals surface area contributed by atoms with Crippen LogP contribution in [0.4, 0.5) is 11.4 Å². The van der Waals surface area contributed by atoms with Crippen LogP contribution in [-0.2, 0) is 14.3 Å². The SMILES string of the molecule is CCOC(=O)C1C(O)=C(/N=N/c2ccccc2[N+](=O)[O-])C(=O)CC1(C)C. The summed E-state index contributed by atoms with van der Waals surface area (Å²) in [7, 11) is 0. The molecule has 1 unspecified atom stereocenters. The molecule has 1 aromatic rings. The molecule has 138 valence electrons. The van der Waals surface area contributed by atoms with Crippen LogP contribution in [0.1, 0.15) is 27.2 Å². The Morgan fingerprint density at radius 1 is 1.38 bits per heavy atom. The lowest BCUT2D eigenvalue weighted by molar-refractivity contribution is -0.384. The lowest BCUT2D eigenvalue weighted by atomic mass is 9.70. The van der Waals surface area contributed by atoms with Gasteiger partial charge in [-0.15, -0.1) is 10.2 Å². The van der Waals surface area contributed by atoms with Gasteiger partial charge >= 0.3 is 5.97 Å². The van der Waals surface area contributed by atoms with Crippen molar-refractivity contribution in [2.75, 3.05) is 6.61 Å². The molecule has 0 saturated carbocycles. The summed E-state index contributed by atoms with van der Waals surface area (Å²) in [4.78, 5) is 34.9. The van der Waals surface area contributed by atoms with Gasteiger partial charge < -0.3 is 9.84 Å². The highest BCUT2D eigenvalue weighted by atomic mass is 16.6. The van der Waals surface area contributed by atoms with Crippen molar-refractivity contribution >= 4 is 23.1 Å². The van der Waals surface area contributed by atoms with Gasteiger partial charge in [0.05, 0.1) is 11.5 Å². The number of ketones is 1. The Hall–Kier alpha value is -3.10. The van der Waals surface area contributed by atoms with Gasteiger partial charge in [0.1, 0.15) is 11.7 Å². The number of azo groups is 1. The Morgan fingerprint density at radius 3 is 2.65 bits per heavy atom. The van der Waals surface area contributed by atoms with Gasteiger partial charge in [0.2, 0.25) is 0 Å². The van der Waals surface area contributed by atoms with Crippen LogP contribution in [0.15, 0.2) is 46.0 Å². The van der Waals surface area contributed by atoms with E-state index >= 15 is 0 Å². The maximum atomic E-state index is 12.3. The number of ether oxygens (including phenoxy) is 1. The highest BCUT2D eigenvalue weighted by molar-refractivity contribution is 5.99. The maximum Gasteiger partial charge on any atom is 0.317 e. The second kappa shape index (κ2) is 7.42. The van der Waals surface area contributed by atoms with Crippen LogP contribution in [0.5, 0.6) is 0 Å². The molecule has 1 atom stereocenters. The number of hydrogen-bond acceptors (Lipinski definition) is 8. The number of esters is 1. The number of aliphatic hydroxyl groups is 1. The number of nitro benzene ring substituents is 1. The van der Waals surface area contributed by atoms with Gasteiger partial charge in [-0.1, -0.05) is 26.0 Å². The summed E-state index contributed by atoms with van der Waals surface area (Å²) >= 11 is 0. The first kappa shape index (κ1) is 19.2. The normalized spacial score (nSPS) is 19.7. The van der Waals surface area contributed by atoms with Crippen LogP contribution in [0.2, 0.25) is 0 Å². The molecule has 2 rings (SSSR count). The zero-order chi connectivity index (χ0) is 19.5. The molecular formula is C17H19N3O6. The number of rotatable bonds is 5. The van der Waals surface area contributed by atoms with Gasteiger partial charge in [0, 0.05) is 12.5 Å². The molecule has 0 bridgehead atoms. The van der Waals surface area contributed by atoms with Crippen LogP contribution in [-0.4, -0.2) is 28.4 Å². The molecule has 0 amide bonds. The number of carbonyl (C=O) groups excluding carboxylic acids is 2. The fourth-order valence-electron chi connectivity index (χ4n) is 2.82. The standard InChI is InChI=1S/C17H19N3O6/c1-4-26-16(23)13-15(22)14(12(21)9-17(13,2)3)19-18-10-7-5-6-8-11(10)20(24)25/h5-8,13,22H,4,9H2,1-3H3/b19-18+. The predicted octanol–water partition coefficient (Wildman–Crippen LogP) is 3.63. The summed E-state index contributed by atoms with van der Waals surface area (Å²) < 4.78 is 4.98. The van der Waals surface area contributed by atoms with E-state index in [9.17, 15) is 24.8 Å². The van der Waals surface area contributed by atoms with Crippen molar-refractivity contribution in [1.82, 2.24) is 0 Å². The summed E-state index contributed by atoms with van der Waals surface area (Å²) in [5.41, 5.74) is -1.60. The number of aliphatic hydroxyl groups excluding tert-OH is 1. The molecule has 9 nitrogen and oxygen atoms in total. The molecule has 1 aliphatic rings. The summed E-state index contributed by atoms with van der Waals surface area (Å²) in [5, 5.41) is 28.9. The molecule has 26 heavy (non-hydrogen) atoms. The van der Waals surface area contributed by atoms with Crippen molar-refractivity contribution in [3.63, 3.8) is 0 Å². The van der Waals surface area contributed by atoms with Crippen LogP contribution in [0.25, 0.3) is 0 Å². The van der Waals surface area contributed by atoms with Crippen LogP contribution < -0.4 is 0 Å². The molecule has 1 aliphatic carbocycles. The first-order chi connectivity index (χ1) is 12.2. The smallest absolute Gasteiger partial charge is 0.317 e. The van der Waals surface area contributed by atoms with E-state index < -0.39 is 33.8 Å². The van der Waals surface area contributed by atoms with E-state index in [0.29, 0.717) is 0 Å². The molecule has 0 aromatic heterocycles. The molecule has 9 heteroatoms. The van der Waals surface area contributed by atoms with Crippen LogP contribution >= 0.6 is 0 Å². The maximum absolute atomic E-state index is 12.3. The van der Waals surface area contributed by atoms with Crippen molar-refractivity contribution in [3.05, 3.63) is 45.8 Å². The zero-order valence-corrected chi connectivity index (χ0v) is 14.6. The molecule has 0 aliphatic heterocycles. The van der Waals surface area contributed by atoms with E-state index in [1.807, 2.05) is 0 Å². The number of para-hydroxylation sites is 1. The summed E-state index contributed by atoms with van der Waals surface area (Å²) in [5.74, 6) is -2.77. The van der Waals surface area contributed by atoms with Crippen molar-refractivity contribution in [2.24, 2.45) is 21.6 Å². The lowest BCUT2D eigenvalue weighted by Crippen LogP contribution is -2.40. The monoisotopic (exact) mass is 361 g/mol. The average molecular weight is 361 g/mol. The van der Waals surface area contributed by atoms with Gasteiger partial charge in [-0.2, -0.15) is 0 Å². The summed E-state index contributed by atoms with van der Waals surface area (Å²) in [6.07, 6.45) is -0.0498. The van der Waals surface area contributed by atoms with Gasteiger partial charge in [-0.25, -0.2) is 0 Å². The number of benzene rings is 1. The second-order valence-corrected chi connectivity index (χ2v) is 6.45. The number of nitrogens with zero attached hydrogens (tertiary/aromatic N) is 3. The number of Topliss-reactive ketones (excluding diaryl/α,β-unsaturated/α-hetero) is 1. The highest BCUT2D eigenvalue weighted by Gasteiger charge is 2.47. The van der Waals surface area contributed by atoms with E-state index in [1.54, 1.807) is 20.8 Å². The Labute approximate surface area is 149 Å². The molecule has 0 saturated heterocycles. The molecule has 1 N–H and O–H groups in total. The molecule has 0 fully saturated rings. The fourth-order valence-corrected chi connectivity index (χ4v) is 2.82. The van der Waals surface area contributed by atoms with Crippen molar-refractivity contribution in [2.45, 2.75) is 27.2 Å². The van der Waals surface area contributed by atoms with Gasteiger partial charge in [-0.05, 0) is 18.4 Å². The molecule has 1 aromatic carbocycles. The van der Waals surface area contributed by atoms with Gasteiger partial charge in [-0.3, -0.25) is 19.7 Å². The molecule has 0 radical (unpaired) electrons. The number of nitro groups is 1. The van der Waals surface area contributed by atoms with E-state index in [4.69, 9.17) is 4.74 Å². The first-order valence-corrected chi connectivity index (χ1v) is 7.97. The largest absolute Gasteiger partial charge is 0.509 e. The van der Waals surface area contributed by atoms with E-state index in [2.05, 4.69) is 10.2 Å². The Kier molecular flexibility index (Phi) is 5.49. The van der Waals surface area contributed by atoms with Gasteiger partial charge in [0.25, 0.3) is 5.69 Å². The average Bonchev–Trinajstić information content (AvgIpc) is 2.53. The molecule has 0 heterocycles. The summed E-state index contributed by atoms with van der Waals surface area (Å²) in [6.45, 7) is 5.09. The minimum absolute atomic E-state index is 0.0498. The Balaban J connectivity index is 2.47. The Morgan fingerprint density at radius 2 is 2.04 bits per heavy atom. The number of carbonyl (C=O) groups is 2. The zero-order valence-electron chi connectivity index (χ0n) is 14.6. The summed E-state index contributed by atoms with van der Waals surface area (Å²) in [6, 6.07) is 5.61. The minimum atomic E-state index is -1.07. The van der Waals surface area contributed by atoms with Gasteiger partial charge in [0.15, 0.2) is 17.2 Å². The fraction of sp³-hybridized carbons (Fsp3) is 0.412. The van der Waals surface area contributed by atoms with E-state index in [1.165, 1.54) is 24.3 Å². The van der Waals surface area contributed by atoms with Crippen molar-refractivity contribution < 1.29 is 24.4 Å². The second-order valence-electron chi connectivity index (χ2n) is 6.45. The molecular weight excluding hydrogens is 342 g/mol. The molecule has 0 spiro atoms. The third kappa shape index (κ3) is 3.76. The third-order valence-corrected chi connectivity index (χ3v) is 4.04. The van der Waals surface area contributed by atoms with E-state index in [0.717, 1.165) is 0 Å². The van der Waals surface area contributed by atoms with Crippen LogP contribution in [0, 0.1) is 21.4 Å².